The molecule has 1 aromatic carbocycles. The van der Waals surface area contributed by atoms with E-state index in [1.165, 1.54) is 36.2 Å². The lowest BCUT2D eigenvalue weighted by atomic mass is 9.93. The first-order valence-corrected chi connectivity index (χ1v) is 16.3. The van der Waals surface area contributed by atoms with Gasteiger partial charge in [0.15, 0.2) is 9.84 Å². The van der Waals surface area contributed by atoms with Crippen LogP contribution in [0.4, 0.5) is 15.9 Å². The van der Waals surface area contributed by atoms with E-state index in [-0.39, 0.29) is 63.6 Å². The van der Waals surface area contributed by atoms with Crippen molar-refractivity contribution in [1.29, 1.82) is 5.41 Å². The summed E-state index contributed by atoms with van der Waals surface area (Å²) in [5.74, 6) is -2.73. The molecule has 0 aliphatic carbocycles. The number of carbonyl (C=O) groups excluding carboxylic acids is 1. The van der Waals surface area contributed by atoms with E-state index in [4.69, 9.17) is 4.98 Å². The van der Waals surface area contributed by atoms with Gasteiger partial charge in [0, 0.05) is 30.9 Å². The summed E-state index contributed by atoms with van der Waals surface area (Å²) in [5, 5.41) is 34.1. The van der Waals surface area contributed by atoms with Crippen LogP contribution in [-0.4, -0.2) is 81.1 Å². The zero-order valence-corrected chi connectivity index (χ0v) is 26.6. The molecule has 0 spiro atoms. The van der Waals surface area contributed by atoms with Gasteiger partial charge in [0.1, 0.15) is 23.2 Å². The Bertz CT molecular complexity index is 1810. The van der Waals surface area contributed by atoms with Gasteiger partial charge >= 0.3 is 0 Å². The molecule has 3 atom stereocenters. The Morgan fingerprint density at radius 3 is 2.56 bits per heavy atom. The van der Waals surface area contributed by atoms with E-state index in [0.29, 0.717) is 11.3 Å². The second-order valence-electron chi connectivity index (χ2n) is 11.9. The highest BCUT2D eigenvalue weighted by Gasteiger charge is 2.45. The van der Waals surface area contributed by atoms with Gasteiger partial charge in [-0.1, -0.05) is 26.5 Å². The average Bonchev–Trinajstić information content (AvgIpc) is 3.04. The van der Waals surface area contributed by atoms with E-state index in [1.807, 2.05) is 6.92 Å². The summed E-state index contributed by atoms with van der Waals surface area (Å²) in [4.78, 5) is 24.7. The molecule has 1 fully saturated rings. The Labute approximate surface area is 261 Å². The van der Waals surface area contributed by atoms with E-state index in [1.54, 1.807) is 31.7 Å². The molecule has 2 aliphatic heterocycles. The van der Waals surface area contributed by atoms with E-state index >= 15 is 4.39 Å². The second kappa shape index (κ2) is 11.9. The number of nitrogens with zero attached hydrogens (tertiary/aromatic N) is 4. The van der Waals surface area contributed by atoms with Crippen LogP contribution in [0.25, 0.3) is 11.3 Å². The fraction of sp³-hybridized carbons (Fsp3) is 0.375. The number of pyridine rings is 2. The quantitative estimate of drug-likeness (QED) is 0.287. The Kier molecular flexibility index (Phi) is 8.45. The Morgan fingerprint density at radius 1 is 1.22 bits per heavy atom. The summed E-state index contributed by atoms with van der Waals surface area (Å²) >= 11 is 0. The predicted octanol–water partition coefficient (Wildman–Crippen LogP) is 4.42. The van der Waals surface area contributed by atoms with Crippen LogP contribution in [0.15, 0.2) is 48.0 Å². The number of aliphatic hydroxyl groups excluding tert-OH is 1. The van der Waals surface area contributed by atoms with E-state index in [0.717, 1.165) is 6.07 Å². The summed E-state index contributed by atoms with van der Waals surface area (Å²) in [5.41, 5.74) is 1.05. The zero-order valence-electron chi connectivity index (χ0n) is 25.8. The number of aryl methyl sites for hydroxylation is 1. The van der Waals surface area contributed by atoms with Gasteiger partial charge in [0.2, 0.25) is 5.91 Å². The Balaban J connectivity index is 1.88. The number of carbonyl (C=O) groups is 1. The third kappa shape index (κ3) is 5.54. The van der Waals surface area contributed by atoms with Gasteiger partial charge in [-0.05, 0) is 56.5 Å². The first kappa shape index (κ1) is 32.0. The molecule has 3 unspecified atom stereocenters. The first-order chi connectivity index (χ1) is 21.2. The molecule has 4 N–H and O–H groups in total. The molecule has 2 aromatic heterocycles. The topological polar surface area (TPSA) is 160 Å². The van der Waals surface area contributed by atoms with Crippen molar-refractivity contribution in [1.82, 2.24) is 19.8 Å². The Hall–Kier alpha value is -4.36. The summed E-state index contributed by atoms with van der Waals surface area (Å²) in [6.07, 6.45) is 1.70. The van der Waals surface area contributed by atoms with Crippen LogP contribution in [0.5, 0.6) is 5.75 Å². The zero-order chi connectivity index (χ0) is 33.0. The number of benzene rings is 1. The van der Waals surface area contributed by atoms with Crippen molar-refractivity contribution in [3.05, 3.63) is 71.3 Å². The number of halogens is 1. The number of amidine groups is 1. The third-order valence-electron chi connectivity index (χ3n) is 8.31. The highest BCUT2D eigenvalue weighted by atomic mass is 32.2. The number of fused-ring (bicyclic) bond motifs is 2. The van der Waals surface area contributed by atoms with Crippen LogP contribution in [0.1, 0.15) is 62.1 Å². The fourth-order valence-electron chi connectivity index (χ4n) is 6.36. The maximum atomic E-state index is 15.5. The normalized spacial score (nSPS) is 19.9. The SMILES string of the molecule is C=CC(=O)N1CC(C)N2C(=N)c3c(Nc4c(C)ccnc4C(C)O)nc(-c4c(O)cccc4F)c(C(C)C)c3S(=O)(=O)CC2C1. The average molecular weight is 637 g/mol. The second-order valence-corrected chi connectivity index (χ2v) is 13.9. The maximum Gasteiger partial charge on any atom is 0.246 e. The van der Waals surface area contributed by atoms with E-state index in [2.05, 4.69) is 16.9 Å². The Morgan fingerprint density at radius 2 is 1.93 bits per heavy atom. The number of aliphatic hydroxyl groups is 1. The molecule has 0 saturated carbocycles. The lowest BCUT2D eigenvalue weighted by Crippen LogP contribution is -2.61. The molecule has 1 amide bonds. The monoisotopic (exact) mass is 636 g/mol. The minimum absolute atomic E-state index is 0.0177. The summed E-state index contributed by atoms with van der Waals surface area (Å²) < 4.78 is 44.6. The highest BCUT2D eigenvalue weighted by molar-refractivity contribution is 7.91. The van der Waals surface area contributed by atoms with Crippen LogP contribution in [0.2, 0.25) is 0 Å². The molecule has 2 aliphatic rings. The smallest absolute Gasteiger partial charge is 0.246 e. The van der Waals surface area contributed by atoms with Crippen LogP contribution >= 0.6 is 0 Å². The number of phenols is 1. The van der Waals surface area contributed by atoms with E-state index in [9.17, 15) is 28.8 Å². The van der Waals surface area contributed by atoms with Gasteiger partial charge in [0.25, 0.3) is 0 Å². The van der Waals surface area contributed by atoms with Gasteiger partial charge in [0.05, 0.1) is 51.0 Å². The number of hydrogen-bond donors (Lipinski definition) is 4. The standard InChI is InChI=1S/C32H37FN6O5S/c1-7-23(42)38-13-18(5)39-20(14-38)15-45(43,44)30-24(16(2)3)29(25-21(33)9-8-10-22(25)41)37-32(26(30)31(39)34)36-27-17(4)11-12-35-28(27)19(6)40/h7-12,16,18-20,34,40-41H,1,13-15H2,2-6H3,(H,36,37). The molecule has 3 aromatic rings. The highest BCUT2D eigenvalue weighted by Crippen LogP contribution is 2.45. The number of phenolic OH excluding ortho intramolecular Hbond substituents is 1. The van der Waals surface area contributed by atoms with Crippen LogP contribution in [0.3, 0.4) is 0 Å². The minimum atomic E-state index is -4.24. The lowest BCUT2D eigenvalue weighted by Gasteiger charge is -2.45. The first-order valence-electron chi connectivity index (χ1n) is 14.7. The summed E-state index contributed by atoms with van der Waals surface area (Å²) in [6, 6.07) is 4.27. The molecule has 1 saturated heterocycles. The number of nitrogens with one attached hydrogen (secondary N) is 2. The number of sulfone groups is 1. The van der Waals surface area contributed by atoms with Gasteiger partial charge in [-0.2, -0.15) is 0 Å². The number of anilines is 2. The van der Waals surface area contributed by atoms with Crippen molar-refractivity contribution in [3.8, 4) is 17.0 Å². The molecule has 4 heterocycles. The van der Waals surface area contributed by atoms with Gasteiger partial charge < -0.3 is 25.3 Å². The molecule has 0 radical (unpaired) electrons. The van der Waals surface area contributed by atoms with Crippen molar-refractivity contribution >= 4 is 33.1 Å². The number of aromatic hydroxyl groups is 1. The lowest BCUT2D eigenvalue weighted by molar-refractivity contribution is -0.129. The van der Waals surface area contributed by atoms with Gasteiger partial charge in [-0.25, -0.2) is 17.8 Å². The van der Waals surface area contributed by atoms with Crippen LogP contribution < -0.4 is 5.32 Å². The van der Waals surface area contributed by atoms with Crippen LogP contribution in [0, 0.1) is 18.2 Å². The largest absolute Gasteiger partial charge is 0.507 e. The predicted molar refractivity (Wildman–Crippen MR) is 169 cm³/mol. The molecule has 11 nitrogen and oxygen atoms in total. The number of rotatable bonds is 6. The molecular formula is C32H37FN6O5S. The van der Waals surface area contributed by atoms with Crippen molar-refractivity contribution in [2.45, 2.75) is 63.6 Å². The fourth-order valence-corrected chi connectivity index (χ4v) is 8.47. The number of amides is 1. The minimum Gasteiger partial charge on any atom is -0.507 e. The number of hydrogen-bond acceptors (Lipinski definition) is 9. The molecular weight excluding hydrogens is 599 g/mol. The molecule has 5 rings (SSSR count). The molecule has 238 valence electrons. The van der Waals surface area contributed by atoms with Crippen molar-refractivity contribution in [2.24, 2.45) is 0 Å². The molecule has 13 heteroatoms. The third-order valence-corrected chi connectivity index (χ3v) is 10.2. The maximum absolute atomic E-state index is 15.5. The molecule has 0 bridgehead atoms. The summed E-state index contributed by atoms with van der Waals surface area (Å²) in [7, 11) is -4.24. The summed E-state index contributed by atoms with van der Waals surface area (Å²) in [6.45, 7) is 12.5. The van der Waals surface area contributed by atoms with Crippen LogP contribution in [-0.2, 0) is 14.6 Å². The van der Waals surface area contributed by atoms with E-state index < -0.39 is 51.3 Å². The van der Waals surface area contributed by atoms with Crippen molar-refractivity contribution < 1.29 is 27.8 Å². The van der Waals surface area contributed by atoms with Crippen molar-refractivity contribution in [2.75, 3.05) is 24.2 Å². The van der Waals surface area contributed by atoms with Crippen molar-refractivity contribution in [3.63, 3.8) is 0 Å². The number of aromatic nitrogens is 2. The number of piperazine rings is 1. The van der Waals surface area contributed by atoms with Gasteiger partial charge in [-0.15, -0.1) is 0 Å². The molecule has 45 heavy (non-hydrogen) atoms. The van der Waals surface area contributed by atoms with Gasteiger partial charge in [-0.3, -0.25) is 15.2 Å².